The molecule has 0 bridgehead atoms. The van der Waals surface area contributed by atoms with Gasteiger partial charge in [0.2, 0.25) is 0 Å². The van der Waals surface area contributed by atoms with Gasteiger partial charge in [-0.3, -0.25) is 4.79 Å². The van der Waals surface area contributed by atoms with E-state index in [1.165, 1.54) is 5.39 Å². The number of carbonyl (C=O) groups is 1. The summed E-state index contributed by atoms with van der Waals surface area (Å²) < 4.78 is 5.52. The van der Waals surface area contributed by atoms with Crippen LogP contribution in [0.5, 0.6) is 5.75 Å². The lowest BCUT2D eigenvalue weighted by Gasteiger charge is -2.04. The molecular formula is C15H14O3. The van der Waals surface area contributed by atoms with Gasteiger partial charge in [-0.1, -0.05) is 42.5 Å². The third kappa shape index (κ3) is 3.35. The van der Waals surface area contributed by atoms with Crippen LogP contribution >= 0.6 is 0 Å². The third-order valence-electron chi connectivity index (χ3n) is 2.53. The molecule has 0 aliphatic rings. The van der Waals surface area contributed by atoms with E-state index in [1.54, 1.807) is 12.2 Å². The van der Waals surface area contributed by atoms with Crippen molar-refractivity contribution >= 4 is 16.7 Å². The van der Waals surface area contributed by atoms with Crippen LogP contribution < -0.4 is 4.74 Å². The lowest BCUT2D eigenvalue weighted by molar-refractivity contribution is -0.136. The van der Waals surface area contributed by atoms with Gasteiger partial charge in [-0.15, -0.1) is 0 Å². The second-order valence-corrected chi connectivity index (χ2v) is 3.89. The van der Waals surface area contributed by atoms with Gasteiger partial charge in [-0.2, -0.15) is 0 Å². The van der Waals surface area contributed by atoms with Crippen molar-refractivity contribution in [3.63, 3.8) is 0 Å². The minimum atomic E-state index is -0.836. The van der Waals surface area contributed by atoms with Crippen LogP contribution in [0.25, 0.3) is 10.8 Å². The Morgan fingerprint density at radius 2 is 1.89 bits per heavy atom. The number of carboxylic acid groups (broad SMARTS) is 1. The van der Waals surface area contributed by atoms with Crippen LogP contribution in [0, 0.1) is 0 Å². The van der Waals surface area contributed by atoms with E-state index < -0.39 is 5.97 Å². The van der Waals surface area contributed by atoms with E-state index in [0.717, 1.165) is 11.1 Å². The van der Waals surface area contributed by atoms with E-state index in [1.807, 2.05) is 42.5 Å². The summed E-state index contributed by atoms with van der Waals surface area (Å²) in [5.74, 6) is -0.0503. The molecule has 0 unspecified atom stereocenters. The number of benzene rings is 2. The molecule has 0 spiro atoms. The van der Waals surface area contributed by atoms with E-state index >= 15 is 0 Å². The molecule has 0 heterocycles. The van der Waals surface area contributed by atoms with Crippen molar-refractivity contribution in [1.82, 2.24) is 0 Å². The second kappa shape index (κ2) is 5.87. The van der Waals surface area contributed by atoms with E-state index in [0.29, 0.717) is 6.61 Å². The Morgan fingerprint density at radius 3 is 2.67 bits per heavy atom. The van der Waals surface area contributed by atoms with Crippen molar-refractivity contribution in [2.45, 2.75) is 6.42 Å². The highest BCUT2D eigenvalue weighted by atomic mass is 16.5. The third-order valence-corrected chi connectivity index (χ3v) is 2.53. The SMILES string of the molecule is O=C(O)C/C=C/COc1ccc2ccccc2c1. The first-order chi connectivity index (χ1) is 8.75. The lowest BCUT2D eigenvalue weighted by Crippen LogP contribution is -1.95. The van der Waals surface area contributed by atoms with Gasteiger partial charge in [0.15, 0.2) is 0 Å². The standard InChI is InChI=1S/C15H14O3/c16-15(17)7-3-4-10-18-14-9-8-12-5-1-2-6-13(12)11-14/h1-6,8-9,11H,7,10H2,(H,16,17)/b4-3+. The van der Waals surface area contributed by atoms with E-state index in [2.05, 4.69) is 0 Å². The Bertz CT molecular complexity index is 573. The fraction of sp³-hybridized carbons (Fsp3) is 0.133. The second-order valence-electron chi connectivity index (χ2n) is 3.89. The lowest BCUT2D eigenvalue weighted by atomic mass is 10.1. The molecule has 2 aromatic rings. The number of hydrogen-bond acceptors (Lipinski definition) is 2. The normalized spacial score (nSPS) is 10.9. The largest absolute Gasteiger partial charge is 0.490 e. The van der Waals surface area contributed by atoms with Crippen molar-refractivity contribution in [1.29, 1.82) is 0 Å². The topological polar surface area (TPSA) is 46.5 Å². The molecule has 0 aromatic heterocycles. The highest BCUT2D eigenvalue weighted by Crippen LogP contribution is 2.20. The molecule has 18 heavy (non-hydrogen) atoms. The van der Waals surface area contributed by atoms with Crippen molar-refractivity contribution in [2.24, 2.45) is 0 Å². The highest BCUT2D eigenvalue weighted by Gasteiger charge is 1.95. The molecular weight excluding hydrogens is 228 g/mol. The molecule has 0 saturated heterocycles. The molecule has 0 aliphatic carbocycles. The Morgan fingerprint density at radius 1 is 1.11 bits per heavy atom. The summed E-state index contributed by atoms with van der Waals surface area (Å²) in [6, 6.07) is 13.9. The fourth-order valence-corrected chi connectivity index (χ4v) is 1.65. The monoisotopic (exact) mass is 242 g/mol. The van der Waals surface area contributed by atoms with E-state index in [9.17, 15) is 4.79 Å². The summed E-state index contributed by atoms with van der Waals surface area (Å²) in [4.78, 5) is 10.3. The molecule has 3 heteroatoms. The van der Waals surface area contributed by atoms with Crippen molar-refractivity contribution in [3.8, 4) is 5.75 Å². The fourth-order valence-electron chi connectivity index (χ4n) is 1.65. The molecule has 92 valence electrons. The van der Waals surface area contributed by atoms with Gasteiger partial charge in [0.1, 0.15) is 12.4 Å². The summed E-state index contributed by atoms with van der Waals surface area (Å²) in [7, 11) is 0. The first kappa shape index (κ1) is 12.2. The predicted molar refractivity (Wildman–Crippen MR) is 70.8 cm³/mol. The number of aliphatic carboxylic acids is 1. The van der Waals surface area contributed by atoms with Crippen LogP contribution in [0.1, 0.15) is 6.42 Å². The minimum absolute atomic E-state index is 0.0288. The Kier molecular flexibility index (Phi) is 3.97. The molecule has 0 radical (unpaired) electrons. The number of hydrogen-bond donors (Lipinski definition) is 1. The summed E-state index contributed by atoms with van der Waals surface area (Å²) in [6.07, 6.45) is 3.33. The van der Waals surface area contributed by atoms with Crippen LogP contribution in [0.2, 0.25) is 0 Å². The Labute approximate surface area is 105 Å². The number of fused-ring (bicyclic) bond motifs is 1. The smallest absolute Gasteiger partial charge is 0.307 e. The summed E-state index contributed by atoms with van der Waals surface area (Å²) in [5, 5.41) is 10.8. The molecule has 2 rings (SSSR count). The van der Waals surface area contributed by atoms with Crippen molar-refractivity contribution in [2.75, 3.05) is 6.61 Å². The van der Waals surface area contributed by atoms with Crippen molar-refractivity contribution < 1.29 is 14.6 Å². The maximum absolute atomic E-state index is 10.3. The molecule has 0 amide bonds. The Balaban J connectivity index is 1.95. The zero-order valence-electron chi connectivity index (χ0n) is 9.87. The van der Waals surface area contributed by atoms with Crippen LogP contribution in [0.4, 0.5) is 0 Å². The van der Waals surface area contributed by atoms with E-state index in [4.69, 9.17) is 9.84 Å². The van der Waals surface area contributed by atoms with Gasteiger partial charge in [-0.25, -0.2) is 0 Å². The average Bonchev–Trinajstić information content (AvgIpc) is 2.38. The molecule has 3 nitrogen and oxygen atoms in total. The zero-order chi connectivity index (χ0) is 12.8. The average molecular weight is 242 g/mol. The van der Waals surface area contributed by atoms with Crippen LogP contribution in [-0.4, -0.2) is 17.7 Å². The summed E-state index contributed by atoms with van der Waals surface area (Å²) >= 11 is 0. The van der Waals surface area contributed by atoms with Crippen LogP contribution in [0.15, 0.2) is 54.6 Å². The van der Waals surface area contributed by atoms with Gasteiger partial charge >= 0.3 is 5.97 Å². The van der Waals surface area contributed by atoms with Gasteiger partial charge < -0.3 is 9.84 Å². The van der Waals surface area contributed by atoms with Gasteiger partial charge in [-0.05, 0) is 22.9 Å². The number of carboxylic acids is 1. The summed E-state index contributed by atoms with van der Waals surface area (Å²) in [6.45, 7) is 0.381. The molecule has 0 atom stereocenters. The maximum atomic E-state index is 10.3. The Hall–Kier alpha value is -2.29. The van der Waals surface area contributed by atoms with E-state index in [-0.39, 0.29) is 6.42 Å². The highest BCUT2D eigenvalue weighted by molar-refractivity contribution is 5.83. The molecule has 0 fully saturated rings. The first-order valence-corrected chi connectivity index (χ1v) is 5.74. The first-order valence-electron chi connectivity index (χ1n) is 5.74. The van der Waals surface area contributed by atoms with Crippen LogP contribution in [-0.2, 0) is 4.79 Å². The molecule has 0 saturated carbocycles. The zero-order valence-corrected chi connectivity index (χ0v) is 9.87. The molecule has 0 aliphatic heterocycles. The van der Waals surface area contributed by atoms with Gasteiger partial charge in [0, 0.05) is 0 Å². The minimum Gasteiger partial charge on any atom is -0.490 e. The number of ether oxygens (including phenoxy) is 1. The number of rotatable bonds is 5. The molecule has 1 N–H and O–H groups in total. The van der Waals surface area contributed by atoms with Gasteiger partial charge in [0.05, 0.1) is 6.42 Å². The quantitative estimate of drug-likeness (QED) is 0.819. The summed E-state index contributed by atoms with van der Waals surface area (Å²) in [5.41, 5.74) is 0. The van der Waals surface area contributed by atoms with Crippen LogP contribution in [0.3, 0.4) is 0 Å². The predicted octanol–water partition coefficient (Wildman–Crippen LogP) is 3.25. The maximum Gasteiger partial charge on any atom is 0.307 e. The van der Waals surface area contributed by atoms with Crippen molar-refractivity contribution in [3.05, 3.63) is 54.6 Å². The van der Waals surface area contributed by atoms with Gasteiger partial charge in [0.25, 0.3) is 0 Å². The molecule has 2 aromatic carbocycles.